The molecule has 2 amide bonds. The number of hydrogen-bond acceptors (Lipinski definition) is 3. The van der Waals surface area contributed by atoms with Crippen molar-refractivity contribution in [3.8, 4) is 5.75 Å². The molecule has 2 aromatic carbocycles. The molecule has 0 aliphatic carbocycles. The zero-order chi connectivity index (χ0) is 18.5. The van der Waals surface area contributed by atoms with Gasteiger partial charge in [0.15, 0.2) is 6.61 Å². The van der Waals surface area contributed by atoms with Crippen molar-refractivity contribution in [3.63, 3.8) is 0 Å². The molecule has 1 heterocycles. The van der Waals surface area contributed by atoms with Crippen LogP contribution in [0, 0.1) is 0 Å². The Morgan fingerprint density at radius 1 is 1.12 bits per heavy atom. The van der Waals surface area contributed by atoms with Gasteiger partial charge in [0.2, 0.25) is 5.91 Å². The highest BCUT2D eigenvalue weighted by molar-refractivity contribution is 5.92. The number of carbonyl (C=O) groups is 2. The van der Waals surface area contributed by atoms with Gasteiger partial charge in [0, 0.05) is 25.7 Å². The number of amides is 2. The van der Waals surface area contributed by atoms with Gasteiger partial charge in [0.1, 0.15) is 5.75 Å². The minimum Gasteiger partial charge on any atom is -0.484 e. The molecule has 1 aliphatic rings. The molecule has 0 fully saturated rings. The van der Waals surface area contributed by atoms with E-state index in [2.05, 4.69) is 12.2 Å². The van der Waals surface area contributed by atoms with Crippen LogP contribution in [0.1, 0.15) is 30.5 Å². The molecule has 0 spiro atoms. The topological polar surface area (TPSA) is 58.6 Å². The minimum absolute atomic E-state index is 0.0396. The van der Waals surface area contributed by atoms with Crippen LogP contribution >= 0.6 is 0 Å². The molecule has 0 saturated carbocycles. The Morgan fingerprint density at radius 3 is 2.58 bits per heavy atom. The summed E-state index contributed by atoms with van der Waals surface area (Å²) >= 11 is 0. The van der Waals surface area contributed by atoms with Crippen molar-refractivity contribution in [3.05, 3.63) is 59.2 Å². The summed E-state index contributed by atoms with van der Waals surface area (Å²) in [6, 6.07) is 13.6. The number of hydrogen-bond donors (Lipinski definition) is 1. The van der Waals surface area contributed by atoms with Crippen molar-refractivity contribution in [2.45, 2.75) is 33.2 Å². The minimum atomic E-state index is -0.205. The number of fused-ring (bicyclic) bond motifs is 1. The summed E-state index contributed by atoms with van der Waals surface area (Å²) in [7, 11) is 0. The predicted octanol–water partition coefficient (Wildman–Crippen LogP) is 3.17. The average molecular weight is 352 g/mol. The smallest absolute Gasteiger partial charge is 0.262 e. The van der Waals surface area contributed by atoms with Gasteiger partial charge in [-0.1, -0.05) is 25.1 Å². The molecule has 0 saturated heterocycles. The van der Waals surface area contributed by atoms with Crippen LogP contribution in [-0.2, 0) is 29.0 Å². The van der Waals surface area contributed by atoms with Crippen LogP contribution in [0.25, 0.3) is 0 Å². The molecular weight excluding hydrogens is 328 g/mol. The maximum Gasteiger partial charge on any atom is 0.262 e. The van der Waals surface area contributed by atoms with Crippen LogP contribution in [0.5, 0.6) is 5.75 Å². The quantitative estimate of drug-likeness (QED) is 0.899. The van der Waals surface area contributed by atoms with Crippen molar-refractivity contribution in [1.82, 2.24) is 4.90 Å². The molecule has 1 aliphatic heterocycles. The van der Waals surface area contributed by atoms with E-state index in [9.17, 15) is 9.59 Å². The normalized spacial score (nSPS) is 13.1. The van der Waals surface area contributed by atoms with Crippen LogP contribution in [0.4, 0.5) is 5.69 Å². The molecule has 1 N–H and O–H groups in total. The third-order valence-electron chi connectivity index (χ3n) is 4.65. The molecular formula is C21H24N2O3. The Labute approximate surface area is 154 Å². The van der Waals surface area contributed by atoms with E-state index in [1.165, 1.54) is 11.1 Å². The highest BCUT2D eigenvalue weighted by Crippen LogP contribution is 2.23. The zero-order valence-electron chi connectivity index (χ0n) is 15.2. The Hall–Kier alpha value is -2.82. The molecule has 26 heavy (non-hydrogen) atoms. The van der Waals surface area contributed by atoms with Crippen LogP contribution in [0.3, 0.4) is 0 Å². The van der Waals surface area contributed by atoms with E-state index >= 15 is 0 Å². The first-order chi connectivity index (χ1) is 12.5. The number of anilines is 1. The molecule has 0 aromatic heterocycles. The second-order valence-electron chi connectivity index (χ2n) is 6.51. The van der Waals surface area contributed by atoms with Crippen molar-refractivity contribution in [2.24, 2.45) is 0 Å². The number of carbonyl (C=O) groups excluding carboxylic acids is 2. The van der Waals surface area contributed by atoms with Gasteiger partial charge >= 0.3 is 0 Å². The van der Waals surface area contributed by atoms with Gasteiger partial charge in [-0.05, 0) is 53.8 Å². The summed E-state index contributed by atoms with van der Waals surface area (Å²) < 4.78 is 5.54. The molecule has 0 bridgehead atoms. The molecule has 3 rings (SSSR count). The van der Waals surface area contributed by atoms with Gasteiger partial charge in [0.25, 0.3) is 5.91 Å². The highest BCUT2D eigenvalue weighted by Gasteiger charge is 2.18. The summed E-state index contributed by atoms with van der Waals surface area (Å²) in [6.45, 7) is 4.98. The van der Waals surface area contributed by atoms with Gasteiger partial charge < -0.3 is 15.0 Å². The van der Waals surface area contributed by atoms with E-state index in [0.717, 1.165) is 30.6 Å². The number of rotatable bonds is 5. The van der Waals surface area contributed by atoms with E-state index < -0.39 is 0 Å². The van der Waals surface area contributed by atoms with E-state index in [1.807, 2.05) is 47.4 Å². The lowest BCUT2D eigenvalue weighted by Gasteiger charge is -2.28. The fourth-order valence-electron chi connectivity index (χ4n) is 3.07. The van der Waals surface area contributed by atoms with Crippen molar-refractivity contribution >= 4 is 17.5 Å². The number of nitrogens with zero attached hydrogens (tertiary/aromatic N) is 1. The first-order valence-corrected chi connectivity index (χ1v) is 8.94. The third-order valence-corrected chi connectivity index (χ3v) is 4.65. The van der Waals surface area contributed by atoms with Crippen molar-refractivity contribution in [2.75, 3.05) is 18.5 Å². The highest BCUT2D eigenvalue weighted by atomic mass is 16.5. The van der Waals surface area contributed by atoms with Gasteiger partial charge in [-0.25, -0.2) is 0 Å². The molecule has 136 valence electrons. The van der Waals surface area contributed by atoms with Gasteiger partial charge in [-0.2, -0.15) is 0 Å². The summed E-state index contributed by atoms with van der Waals surface area (Å²) in [5.41, 5.74) is 4.27. The van der Waals surface area contributed by atoms with Gasteiger partial charge in [-0.15, -0.1) is 0 Å². The van der Waals surface area contributed by atoms with Crippen LogP contribution < -0.4 is 10.1 Å². The first kappa shape index (κ1) is 18.0. The van der Waals surface area contributed by atoms with Crippen LogP contribution in [0.2, 0.25) is 0 Å². The lowest BCUT2D eigenvalue weighted by Crippen LogP contribution is -2.34. The number of nitrogens with one attached hydrogen (secondary N) is 1. The lowest BCUT2D eigenvalue weighted by atomic mass is 9.99. The number of benzene rings is 2. The summed E-state index contributed by atoms with van der Waals surface area (Å²) in [5.74, 6) is 0.552. The number of ether oxygens (including phenoxy) is 1. The van der Waals surface area contributed by atoms with E-state index in [4.69, 9.17) is 4.74 Å². The average Bonchev–Trinajstić information content (AvgIpc) is 2.66. The second kappa shape index (κ2) is 8.04. The maximum atomic E-state index is 12.1. The summed E-state index contributed by atoms with van der Waals surface area (Å²) in [4.78, 5) is 25.5. The largest absolute Gasteiger partial charge is 0.484 e. The molecule has 0 unspecified atom stereocenters. The summed E-state index contributed by atoms with van der Waals surface area (Å²) in [6.07, 6.45) is 1.82. The third kappa shape index (κ3) is 4.42. The monoisotopic (exact) mass is 352 g/mol. The van der Waals surface area contributed by atoms with Gasteiger partial charge in [-0.3, -0.25) is 9.59 Å². The first-order valence-electron chi connectivity index (χ1n) is 8.94. The Bertz CT molecular complexity index is 799. The number of aryl methyl sites for hydroxylation is 1. The maximum absolute atomic E-state index is 12.1. The molecule has 0 atom stereocenters. The SMILES string of the molecule is CCc1ccc(OCC(=O)Nc2ccc3c(c2)CN(C(C)=O)CC3)cc1. The van der Waals surface area contributed by atoms with Crippen LogP contribution in [-0.4, -0.2) is 29.9 Å². The van der Waals surface area contributed by atoms with Crippen molar-refractivity contribution in [1.29, 1.82) is 0 Å². The standard InChI is InChI=1S/C21H24N2O3/c1-3-16-4-8-20(9-5-16)26-14-21(25)22-19-7-6-17-10-11-23(15(2)24)13-18(17)12-19/h4-9,12H,3,10-11,13-14H2,1-2H3,(H,22,25). The predicted molar refractivity (Wildman–Crippen MR) is 101 cm³/mol. The van der Waals surface area contributed by atoms with Crippen LogP contribution in [0.15, 0.2) is 42.5 Å². The zero-order valence-corrected chi connectivity index (χ0v) is 15.2. The van der Waals surface area contributed by atoms with E-state index in [-0.39, 0.29) is 18.4 Å². The summed E-state index contributed by atoms with van der Waals surface area (Å²) in [5, 5.41) is 2.86. The van der Waals surface area contributed by atoms with E-state index in [1.54, 1.807) is 6.92 Å². The fraction of sp³-hybridized carbons (Fsp3) is 0.333. The Morgan fingerprint density at radius 2 is 1.88 bits per heavy atom. The molecule has 2 aromatic rings. The Balaban J connectivity index is 1.57. The lowest BCUT2D eigenvalue weighted by molar-refractivity contribution is -0.129. The molecule has 5 nitrogen and oxygen atoms in total. The molecule has 5 heteroatoms. The molecule has 0 radical (unpaired) electrons. The van der Waals surface area contributed by atoms with E-state index in [0.29, 0.717) is 12.3 Å². The fourth-order valence-corrected chi connectivity index (χ4v) is 3.07. The Kier molecular flexibility index (Phi) is 5.56. The van der Waals surface area contributed by atoms with Crippen molar-refractivity contribution < 1.29 is 14.3 Å². The second-order valence-corrected chi connectivity index (χ2v) is 6.51. The van der Waals surface area contributed by atoms with Gasteiger partial charge in [0.05, 0.1) is 0 Å².